The van der Waals surface area contributed by atoms with Crippen LogP contribution in [0.25, 0.3) is 11.0 Å². The van der Waals surface area contributed by atoms with E-state index in [9.17, 15) is 0 Å². The first-order valence-electron chi connectivity index (χ1n) is 4.91. The smallest absolute Gasteiger partial charge is 0.137 e. The van der Waals surface area contributed by atoms with Gasteiger partial charge in [0.05, 0.1) is 0 Å². The van der Waals surface area contributed by atoms with Crippen LogP contribution in [-0.4, -0.2) is 21.7 Å². The lowest BCUT2D eigenvalue weighted by Gasteiger charge is -1.98. The zero-order chi connectivity index (χ0) is 9.97. The third kappa shape index (κ3) is 1.51. The van der Waals surface area contributed by atoms with E-state index in [0.717, 1.165) is 23.0 Å². The summed E-state index contributed by atoms with van der Waals surface area (Å²) in [5, 5.41) is 10.0. The Hall–Kier alpha value is -1.35. The number of fused-ring (bicyclic) bond motifs is 1. The lowest BCUT2D eigenvalue weighted by molar-refractivity contribution is 0.300. The molecule has 0 aliphatic rings. The minimum Gasteiger partial charge on any atom is -0.396 e. The fourth-order valence-corrected chi connectivity index (χ4v) is 1.62. The number of aliphatic hydroxyl groups is 1. The summed E-state index contributed by atoms with van der Waals surface area (Å²) in [6.45, 7) is 2.30. The van der Waals surface area contributed by atoms with E-state index < -0.39 is 0 Å². The molecule has 2 aromatic rings. The van der Waals surface area contributed by atoms with Crippen LogP contribution in [0.1, 0.15) is 18.1 Å². The molecular formula is C11H14N2O. The molecule has 2 aromatic heterocycles. The van der Waals surface area contributed by atoms with Gasteiger partial charge in [-0.05, 0) is 30.0 Å². The SMILES string of the molecule is CCc1cnc2[nH]cc(CCO)c2c1. The molecule has 2 rings (SSSR count). The molecule has 2 N–H and O–H groups in total. The van der Waals surface area contributed by atoms with Crippen molar-refractivity contribution in [3.8, 4) is 0 Å². The molecule has 0 spiro atoms. The van der Waals surface area contributed by atoms with Crippen molar-refractivity contribution in [1.29, 1.82) is 0 Å². The standard InChI is InChI=1S/C11H14N2O/c1-2-8-5-10-9(3-4-14)7-13-11(10)12-6-8/h5-7,14H,2-4H2,1H3,(H,12,13). The lowest BCUT2D eigenvalue weighted by Crippen LogP contribution is -1.89. The van der Waals surface area contributed by atoms with Gasteiger partial charge in [-0.1, -0.05) is 6.92 Å². The summed E-state index contributed by atoms with van der Waals surface area (Å²) in [7, 11) is 0. The van der Waals surface area contributed by atoms with Crippen LogP contribution >= 0.6 is 0 Å². The molecule has 0 atom stereocenters. The summed E-state index contributed by atoms with van der Waals surface area (Å²) in [4.78, 5) is 7.42. The van der Waals surface area contributed by atoms with E-state index in [1.807, 2.05) is 12.4 Å². The Morgan fingerprint density at radius 3 is 3.07 bits per heavy atom. The third-order valence-corrected chi connectivity index (χ3v) is 2.46. The fourth-order valence-electron chi connectivity index (χ4n) is 1.62. The number of H-pyrrole nitrogens is 1. The summed E-state index contributed by atoms with van der Waals surface area (Å²) in [5.41, 5.74) is 3.28. The van der Waals surface area contributed by atoms with Crippen LogP contribution < -0.4 is 0 Å². The molecule has 0 saturated heterocycles. The molecule has 0 radical (unpaired) electrons. The molecular weight excluding hydrogens is 176 g/mol. The molecule has 0 fully saturated rings. The molecule has 0 unspecified atom stereocenters. The van der Waals surface area contributed by atoms with Gasteiger partial charge in [-0.25, -0.2) is 4.98 Å². The van der Waals surface area contributed by atoms with Gasteiger partial charge < -0.3 is 10.1 Å². The van der Waals surface area contributed by atoms with Crippen LogP contribution in [0, 0.1) is 0 Å². The van der Waals surface area contributed by atoms with E-state index in [1.165, 1.54) is 5.56 Å². The number of aromatic nitrogens is 2. The van der Waals surface area contributed by atoms with Crippen LogP contribution in [0.3, 0.4) is 0 Å². The maximum atomic E-state index is 8.89. The molecule has 14 heavy (non-hydrogen) atoms. The van der Waals surface area contributed by atoms with Crippen LogP contribution in [-0.2, 0) is 12.8 Å². The molecule has 2 heterocycles. The zero-order valence-corrected chi connectivity index (χ0v) is 8.25. The van der Waals surface area contributed by atoms with Crippen LogP contribution in [0.2, 0.25) is 0 Å². The van der Waals surface area contributed by atoms with Crippen molar-refractivity contribution < 1.29 is 5.11 Å². The quantitative estimate of drug-likeness (QED) is 0.773. The normalized spacial score (nSPS) is 11.0. The highest BCUT2D eigenvalue weighted by Crippen LogP contribution is 2.18. The van der Waals surface area contributed by atoms with Crippen molar-refractivity contribution in [3.63, 3.8) is 0 Å². The van der Waals surface area contributed by atoms with E-state index in [2.05, 4.69) is 23.0 Å². The van der Waals surface area contributed by atoms with Gasteiger partial charge in [-0.2, -0.15) is 0 Å². The Balaban J connectivity index is 2.52. The van der Waals surface area contributed by atoms with Crippen LogP contribution in [0.15, 0.2) is 18.5 Å². The average Bonchev–Trinajstić information content (AvgIpc) is 2.61. The van der Waals surface area contributed by atoms with E-state index in [1.54, 1.807) is 0 Å². The fraction of sp³-hybridized carbons (Fsp3) is 0.364. The number of nitrogens with zero attached hydrogens (tertiary/aromatic N) is 1. The first kappa shape index (κ1) is 9.21. The second kappa shape index (κ2) is 3.80. The number of hydrogen-bond donors (Lipinski definition) is 2. The van der Waals surface area contributed by atoms with Gasteiger partial charge in [-0.15, -0.1) is 0 Å². The Kier molecular flexibility index (Phi) is 2.50. The van der Waals surface area contributed by atoms with Gasteiger partial charge >= 0.3 is 0 Å². The van der Waals surface area contributed by atoms with E-state index in [0.29, 0.717) is 6.42 Å². The minimum atomic E-state index is 0.184. The Bertz CT molecular complexity index is 434. The predicted molar refractivity (Wildman–Crippen MR) is 56.3 cm³/mol. The summed E-state index contributed by atoms with van der Waals surface area (Å²) in [6.07, 6.45) is 5.50. The van der Waals surface area contributed by atoms with Crippen LogP contribution in [0.4, 0.5) is 0 Å². The minimum absolute atomic E-state index is 0.184. The number of aromatic amines is 1. The Labute approximate surface area is 82.8 Å². The van der Waals surface area contributed by atoms with E-state index >= 15 is 0 Å². The van der Waals surface area contributed by atoms with Crippen LogP contribution in [0.5, 0.6) is 0 Å². The first-order chi connectivity index (χ1) is 6.85. The Morgan fingerprint density at radius 2 is 2.36 bits per heavy atom. The van der Waals surface area contributed by atoms with Gasteiger partial charge in [0, 0.05) is 24.4 Å². The van der Waals surface area contributed by atoms with Gasteiger partial charge in [0.15, 0.2) is 0 Å². The molecule has 0 bridgehead atoms. The third-order valence-electron chi connectivity index (χ3n) is 2.46. The highest BCUT2D eigenvalue weighted by atomic mass is 16.2. The molecule has 0 aliphatic carbocycles. The second-order valence-corrected chi connectivity index (χ2v) is 3.38. The van der Waals surface area contributed by atoms with Crippen molar-refractivity contribution in [2.75, 3.05) is 6.61 Å². The molecule has 0 aliphatic heterocycles. The largest absolute Gasteiger partial charge is 0.396 e. The summed E-state index contributed by atoms with van der Waals surface area (Å²) >= 11 is 0. The van der Waals surface area contributed by atoms with Crippen molar-refractivity contribution in [2.45, 2.75) is 19.8 Å². The van der Waals surface area contributed by atoms with Crippen molar-refractivity contribution in [1.82, 2.24) is 9.97 Å². The van der Waals surface area contributed by atoms with E-state index in [-0.39, 0.29) is 6.61 Å². The number of nitrogens with one attached hydrogen (secondary N) is 1. The zero-order valence-electron chi connectivity index (χ0n) is 8.25. The maximum absolute atomic E-state index is 8.89. The lowest BCUT2D eigenvalue weighted by atomic mass is 10.1. The number of hydrogen-bond acceptors (Lipinski definition) is 2. The van der Waals surface area contributed by atoms with Crippen molar-refractivity contribution >= 4 is 11.0 Å². The number of aliphatic hydroxyl groups excluding tert-OH is 1. The monoisotopic (exact) mass is 190 g/mol. The van der Waals surface area contributed by atoms with Gasteiger partial charge in [0.2, 0.25) is 0 Å². The molecule has 74 valence electrons. The Morgan fingerprint density at radius 1 is 1.50 bits per heavy atom. The van der Waals surface area contributed by atoms with Gasteiger partial charge in [0.25, 0.3) is 0 Å². The van der Waals surface area contributed by atoms with E-state index in [4.69, 9.17) is 5.11 Å². The van der Waals surface area contributed by atoms with Gasteiger partial charge in [-0.3, -0.25) is 0 Å². The molecule has 0 amide bonds. The first-order valence-corrected chi connectivity index (χ1v) is 4.91. The molecule has 0 aromatic carbocycles. The predicted octanol–water partition coefficient (Wildman–Crippen LogP) is 1.66. The molecule has 3 nitrogen and oxygen atoms in total. The van der Waals surface area contributed by atoms with Crippen molar-refractivity contribution in [3.05, 3.63) is 29.6 Å². The maximum Gasteiger partial charge on any atom is 0.137 e. The number of rotatable bonds is 3. The average molecular weight is 190 g/mol. The molecule has 0 saturated carbocycles. The topological polar surface area (TPSA) is 48.9 Å². The number of aryl methyl sites for hydroxylation is 1. The summed E-state index contributed by atoms with van der Waals surface area (Å²) < 4.78 is 0. The summed E-state index contributed by atoms with van der Waals surface area (Å²) in [6, 6.07) is 2.14. The van der Waals surface area contributed by atoms with Gasteiger partial charge in [0.1, 0.15) is 5.65 Å². The van der Waals surface area contributed by atoms with Crippen molar-refractivity contribution in [2.24, 2.45) is 0 Å². The highest BCUT2D eigenvalue weighted by Gasteiger charge is 2.04. The second-order valence-electron chi connectivity index (χ2n) is 3.38. The molecule has 3 heteroatoms. The number of pyridine rings is 1. The highest BCUT2D eigenvalue weighted by molar-refractivity contribution is 5.80. The summed E-state index contributed by atoms with van der Waals surface area (Å²) in [5.74, 6) is 0.